The Kier molecular flexibility index (Phi) is 4.51. The Labute approximate surface area is 164 Å². The fourth-order valence-corrected chi connectivity index (χ4v) is 5.93. The van der Waals surface area contributed by atoms with Crippen LogP contribution in [-0.2, 0) is 14.3 Å². The summed E-state index contributed by atoms with van der Waals surface area (Å²) < 4.78 is 5.59. The molecule has 0 spiro atoms. The summed E-state index contributed by atoms with van der Waals surface area (Å²) in [6.07, 6.45) is 3.79. The third-order valence-corrected chi connectivity index (χ3v) is 6.81. The second-order valence-electron chi connectivity index (χ2n) is 8.96. The SMILES string of the molecule is Cc1ccc(Cl)cc1NC(=O)[C@@H](C)OC(=O)C12C[C@@H]3C[C@@H](CC(O)(C3)C1)C2. The van der Waals surface area contributed by atoms with Crippen molar-refractivity contribution in [2.45, 2.75) is 64.1 Å². The third-order valence-electron chi connectivity index (χ3n) is 6.57. The summed E-state index contributed by atoms with van der Waals surface area (Å²) in [7, 11) is 0. The number of aryl methyl sites for hydroxylation is 1. The molecule has 4 bridgehead atoms. The number of hydrogen-bond acceptors (Lipinski definition) is 4. The average molecular weight is 392 g/mol. The largest absolute Gasteiger partial charge is 0.452 e. The van der Waals surface area contributed by atoms with Gasteiger partial charge in [-0.25, -0.2) is 0 Å². The van der Waals surface area contributed by atoms with E-state index in [4.69, 9.17) is 16.3 Å². The molecule has 5 rings (SSSR count). The van der Waals surface area contributed by atoms with Crippen molar-refractivity contribution in [1.82, 2.24) is 0 Å². The molecule has 2 unspecified atom stereocenters. The van der Waals surface area contributed by atoms with E-state index in [0.717, 1.165) is 37.7 Å². The zero-order chi connectivity index (χ0) is 19.4. The van der Waals surface area contributed by atoms with Gasteiger partial charge < -0.3 is 15.2 Å². The highest BCUT2D eigenvalue weighted by Crippen LogP contribution is 2.62. The third kappa shape index (κ3) is 3.47. The van der Waals surface area contributed by atoms with E-state index in [1.165, 1.54) is 0 Å². The number of hydrogen-bond donors (Lipinski definition) is 2. The highest BCUT2D eigenvalue weighted by atomic mass is 35.5. The van der Waals surface area contributed by atoms with Crippen molar-refractivity contribution in [1.29, 1.82) is 0 Å². The smallest absolute Gasteiger partial charge is 0.312 e. The standard InChI is InChI=1S/C21H26ClNO4/c1-12-3-4-16(22)6-17(12)23-18(24)13(2)27-19(25)20-7-14-5-15(8-20)10-21(26,9-14)11-20/h3-4,6,13-15,26H,5,7-11H2,1-2H3,(H,23,24)/t13-,14-,15+,20?,21?/m1/s1. The van der Waals surface area contributed by atoms with Crippen LogP contribution in [0.2, 0.25) is 5.02 Å². The first-order valence-electron chi connectivity index (χ1n) is 9.69. The van der Waals surface area contributed by atoms with Gasteiger partial charge in [-0.3, -0.25) is 9.59 Å². The minimum absolute atomic E-state index is 0.333. The fraction of sp³-hybridized carbons (Fsp3) is 0.619. The van der Waals surface area contributed by atoms with Gasteiger partial charge in [-0.15, -0.1) is 0 Å². The Bertz CT molecular complexity index is 778. The van der Waals surface area contributed by atoms with Gasteiger partial charge in [0.25, 0.3) is 5.91 Å². The Morgan fingerprint density at radius 1 is 1.26 bits per heavy atom. The van der Waals surface area contributed by atoms with Gasteiger partial charge >= 0.3 is 5.97 Å². The van der Waals surface area contributed by atoms with E-state index in [2.05, 4.69) is 5.32 Å². The Hall–Kier alpha value is -1.59. The molecule has 1 amide bonds. The molecule has 4 saturated carbocycles. The molecule has 2 N–H and O–H groups in total. The number of carbonyl (C=O) groups excluding carboxylic acids is 2. The highest BCUT2D eigenvalue weighted by molar-refractivity contribution is 6.31. The molecule has 27 heavy (non-hydrogen) atoms. The lowest BCUT2D eigenvalue weighted by Gasteiger charge is -2.58. The Morgan fingerprint density at radius 2 is 1.93 bits per heavy atom. The van der Waals surface area contributed by atoms with Gasteiger partial charge in [-0.2, -0.15) is 0 Å². The number of anilines is 1. The van der Waals surface area contributed by atoms with Crippen LogP contribution in [0.15, 0.2) is 18.2 Å². The monoisotopic (exact) mass is 391 g/mol. The molecule has 0 radical (unpaired) electrons. The number of nitrogens with one attached hydrogen (secondary N) is 1. The quantitative estimate of drug-likeness (QED) is 0.764. The maximum atomic E-state index is 13.0. The summed E-state index contributed by atoms with van der Waals surface area (Å²) in [5.41, 5.74) is 0.139. The lowest BCUT2D eigenvalue weighted by Crippen LogP contribution is -2.59. The van der Waals surface area contributed by atoms with Gasteiger partial charge in [0.15, 0.2) is 6.10 Å². The molecule has 0 heterocycles. The molecule has 1 aromatic carbocycles. The molecule has 1 aromatic rings. The predicted octanol–water partition coefficient (Wildman–Crippen LogP) is 3.85. The van der Waals surface area contributed by atoms with Crippen LogP contribution >= 0.6 is 11.6 Å². The fourth-order valence-electron chi connectivity index (χ4n) is 5.76. The van der Waals surface area contributed by atoms with Crippen molar-refractivity contribution in [3.05, 3.63) is 28.8 Å². The first kappa shape index (κ1) is 18.8. The van der Waals surface area contributed by atoms with Gasteiger partial charge in [-0.1, -0.05) is 17.7 Å². The molecule has 0 aliphatic heterocycles. The van der Waals surface area contributed by atoms with Crippen molar-refractivity contribution in [2.24, 2.45) is 17.3 Å². The number of ether oxygens (including phenoxy) is 1. The number of esters is 1. The maximum Gasteiger partial charge on any atom is 0.312 e. The maximum absolute atomic E-state index is 13.0. The molecule has 5 atom stereocenters. The van der Waals surface area contributed by atoms with Crippen LogP contribution in [0.3, 0.4) is 0 Å². The van der Waals surface area contributed by atoms with Gasteiger partial charge in [0.2, 0.25) is 0 Å². The number of carbonyl (C=O) groups is 2. The van der Waals surface area contributed by atoms with Gasteiger partial charge in [-0.05, 0) is 81.9 Å². The van der Waals surface area contributed by atoms with Gasteiger partial charge in [0, 0.05) is 10.7 Å². The minimum atomic E-state index is -0.904. The van der Waals surface area contributed by atoms with E-state index in [1.807, 2.05) is 13.0 Å². The second kappa shape index (κ2) is 6.49. The zero-order valence-corrected chi connectivity index (χ0v) is 16.5. The summed E-state index contributed by atoms with van der Waals surface area (Å²) in [5, 5.41) is 14.1. The number of rotatable bonds is 4. The zero-order valence-electron chi connectivity index (χ0n) is 15.8. The molecule has 6 heteroatoms. The van der Waals surface area contributed by atoms with Crippen molar-refractivity contribution in [3.63, 3.8) is 0 Å². The molecule has 4 aliphatic carbocycles. The van der Waals surface area contributed by atoms with Crippen LogP contribution in [0.1, 0.15) is 51.0 Å². The molecule has 4 fully saturated rings. The van der Waals surface area contributed by atoms with E-state index < -0.39 is 17.1 Å². The van der Waals surface area contributed by atoms with E-state index >= 15 is 0 Å². The predicted molar refractivity (Wildman–Crippen MR) is 102 cm³/mol. The number of amides is 1. The minimum Gasteiger partial charge on any atom is -0.452 e. The summed E-state index contributed by atoms with van der Waals surface area (Å²) in [5.74, 6) is 0.0710. The first-order valence-corrected chi connectivity index (χ1v) is 10.1. The van der Waals surface area contributed by atoms with Gasteiger partial charge in [0.05, 0.1) is 11.0 Å². The number of aliphatic hydroxyl groups is 1. The Morgan fingerprint density at radius 3 is 2.56 bits per heavy atom. The second-order valence-corrected chi connectivity index (χ2v) is 9.40. The summed E-state index contributed by atoms with van der Waals surface area (Å²) in [4.78, 5) is 25.5. The van der Waals surface area contributed by atoms with Crippen LogP contribution in [0.5, 0.6) is 0 Å². The van der Waals surface area contributed by atoms with Crippen LogP contribution in [0.25, 0.3) is 0 Å². The molecule has 0 saturated heterocycles. The topological polar surface area (TPSA) is 75.6 Å². The lowest BCUT2D eigenvalue weighted by atomic mass is 9.48. The molecule has 0 aromatic heterocycles. The highest BCUT2D eigenvalue weighted by Gasteiger charge is 2.61. The van der Waals surface area contributed by atoms with Crippen molar-refractivity contribution < 1.29 is 19.4 Å². The summed E-state index contributed by atoms with van der Waals surface area (Å²) >= 11 is 5.99. The normalized spacial score (nSPS) is 35.0. The van der Waals surface area contributed by atoms with Crippen LogP contribution in [0, 0.1) is 24.2 Å². The molecular weight excluding hydrogens is 366 g/mol. The van der Waals surface area contributed by atoms with E-state index in [0.29, 0.717) is 29.0 Å². The molecular formula is C21H26ClNO4. The summed E-state index contributed by atoms with van der Waals surface area (Å²) in [6, 6.07) is 5.26. The number of benzene rings is 1. The first-order chi connectivity index (χ1) is 12.7. The van der Waals surface area contributed by atoms with Gasteiger partial charge in [0.1, 0.15) is 0 Å². The van der Waals surface area contributed by atoms with Crippen LogP contribution in [-0.4, -0.2) is 28.7 Å². The average Bonchev–Trinajstić information content (AvgIpc) is 2.55. The van der Waals surface area contributed by atoms with E-state index in [1.54, 1.807) is 19.1 Å². The molecule has 146 valence electrons. The van der Waals surface area contributed by atoms with Crippen molar-refractivity contribution >= 4 is 29.2 Å². The van der Waals surface area contributed by atoms with Crippen LogP contribution < -0.4 is 5.32 Å². The summed E-state index contributed by atoms with van der Waals surface area (Å²) in [6.45, 7) is 3.46. The van der Waals surface area contributed by atoms with Crippen molar-refractivity contribution in [3.8, 4) is 0 Å². The van der Waals surface area contributed by atoms with Crippen molar-refractivity contribution in [2.75, 3.05) is 5.32 Å². The Balaban J connectivity index is 1.43. The number of halogens is 1. The molecule has 5 nitrogen and oxygen atoms in total. The lowest BCUT2D eigenvalue weighted by molar-refractivity contribution is -0.199. The molecule has 4 aliphatic rings. The van der Waals surface area contributed by atoms with Crippen LogP contribution in [0.4, 0.5) is 5.69 Å². The van der Waals surface area contributed by atoms with E-state index in [-0.39, 0.29) is 11.9 Å². The van der Waals surface area contributed by atoms with E-state index in [9.17, 15) is 14.7 Å².